The van der Waals surface area contributed by atoms with Gasteiger partial charge >= 0.3 is 6.18 Å². The quantitative estimate of drug-likeness (QED) is 0.379. The van der Waals surface area contributed by atoms with Gasteiger partial charge in [0.15, 0.2) is 0 Å². The summed E-state index contributed by atoms with van der Waals surface area (Å²) in [5, 5.41) is 14.7. The number of alkyl halides is 3. The highest BCUT2D eigenvalue weighted by Gasteiger charge is 2.38. The fraction of sp³-hybridized carbons (Fsp3) is 0.333. The maximum atomic E-state index is 13.5. The maximum Gasteiger partial charge on any atom is 0.449 e. The second-order valence-electron chi connectivity index (χ2n) is 8.14. The van der Waals surface area contributed by atoms with Gasteiger partial charge < -0.3 is 14.4 Å². The average Bonchev–Trinajstić information content (AvgIpc) is 3.43. The first-order valence-electron chi connectivity index (χ1n) is 10.9. The van der Waals surface area contributed by atoms with E-state index in [1.54, 1.807) is 29.1 Å². The zero-order valence-electron chi connectivity index (χ0n) is 18.7. The number of rotatable bonds is 10. The first-order chi connectivity index (χ1) is 16.3. The minimum absolute atomic E-state index is 0.200. The third-order valence-electron chi connectivity index (χ3n) is 5.35. The van der Waals surface area contributed by atoms with Crippen LogP contribution in [-0.4, -0.2) is 55.6 Å². The standard InChI is InChI=1S/C24H26F3N5O2/c1-30(15-18-7-9-20(10-8-18)34-14-13-31-12-4-11-28-31)16-19(33)17-32-22-6-3-2-5-21(22)29-23(32)24(25,26)27/h2-12,19,33H,13-17H2,1H3/t19-/m1/s1. The predicted octanol–water partition coefficient (Wildman–Crippen LogP) is 3.82. The van der Waals surface area contributed by atoms with Crippen LogP contribution in [0.2, 0.25) is 0 Å². The molecule has 0 spiro atoms. The van der Waals surface area contributed by atoms with Crippen LogP contribution >= 0.6 is 0 Å². The van der Waals surface area contributed by atoms with Crippen LogP contribution in [-0.2, 0) is 25.8 Å². The van der Waals surface area contributed by atoms with E-state index in [9.17, 15) is 18.3 Å². The van der Waals surface area contributed by atoms with Crippen LogP contribution in [0.3, 0.4) is 0 Å². The minimum atomic E-state index is -4.60. The molecule has 0 fully saturated rings. The van der Waals surface area contributed by atoms with Crippen molar-refractivity contribution in [2.75, 3.05) is 20.2 Å². The van der Waals surface area contributed by atoms with Crippen molar-refractivity contribution in [3.8, 4) is 5.75 Å². The predicted molar refractivity (Wildman–Crippen MR) is 121 cm³/mol. The second kappa shape index (κ2) is 10.3. The van der Waals surface area contributed by atoms with Crippen LogP contribution in [0.4, 0.5) is 13.2 Å². The molecular weight excluding hydrogens is 447 g/mol. The summed E-state index contributed by atoms with van der Waals surface area (Å²) < 4.78 is 49.0. The van der Waals surface area contributed by atoms with Crippen LogP contribution in [0.15, 0.2) is 67.0 Å². The first-order valence-corrected chi connectivity index (χ1v) is 10.9. The Hall–Kier alpha value is -3.37. The summed E-state index contributed by atoms with van der Waals surface area (Å²) in [5.41, 5.74) is 1.60. The monoisotopic (exact) mass is 473 g/mol. The molecule has 0 radical (unpaired) electrons. The number of likely N-dealkylation sites (N-methyl/N-ethyl adjacent to an activating group) is 1. The summed E-state index contributed by atoms with van der Waals surface area (Å²) in [6, 6.07) is 15.9. The largest absolute Gasteiger partial charge is 0.492 e. The molecule has 0 aliphatic heterocycles. The number of hydrogen-bond donors (Lipinski definition) is 1. The number of para-hydroxylation sites is 2. The van der Waals surface area contributed by atoms with Crippen molar-refractivity contribution >= 4 is 11.0 Å². The Morgan fingerprint density at radius 1 is 1.09 bits per heavy atom. The van der Waals surface area contributed by atoms with Gasteiger partial charge in [-0.1, -0.05) is 24.3 Å². The number of aliphatic hydroxyl groups is 1. The number of ether oxygens (including phenoxy) is 1. The molecule has 10 heteroatoms. The summed E-state index contributed by atoms with van der Waals surface area (Å²) >= 11 is 0. The van der Waals surface area contributed by atoms with Crippen molar-refractivity contribution in [1.29, 1.82) is 0 Å². The topological polar surface area (TPSA) is 68.3 Å². The lowest BCUT2D eigenvalue weighted by Gasteiger charge is -2.22. The molecule has 1 N–H and O–H groups in total. The van der Waals surface area contributed by atoms with Crippen molar-refractivity contribution in [3.63, 3.8) is 0 Å². The molecule has 2 heterocycles. The maximum absolute atomic E-state index is 13.5. The van der Waals surface area contributed by atoms with Gasteiger partial charge in [-0.25, -0.2) is 4.98 Å². The highest BCUT2D eigenvalue weighted by molar-refractivity contribution is 5.76. The zero-order valence-corrected chi connectivity index (χ0v) is 18.7. The molecule has 0 aliphatic carbocycles. The Morgan fingerprint density at radius 2 is 1.85 bits per heavy atom. The van der Waals surface area contributed by atoms with Gasteiger partial charge in [-0.2, -0.15) is 18.3 Å². The Balaban J connectivity index is 1.31. The van der Waals surface area contributed by atoms with Crippen molar-refractivity contribution in [1.82, 2.24) is 24.2 Å². The first kappa shape index (κ1) is 23.8. The number of imidazole rings is 1. The lowest BCUT2D eigenvalue weighted by Crippen LogP contribution is -2.32. The van der Waals surface area contributed by atoms with E-state index >= 15 is 0 Å². The lowest BCUT2D eigenvalue weighted by atomic mass is 10.2. The molecule has 7 nitrogen and oxygen atoms in total. The number of aromatic nitrogens is 4. The number of halogens is 3. The van der Waals surface area contributed by atoms with E-state index in [4.69, 9.17) is 4.74 Å². The molecule has 0 saturated heterocycles. The Bertz CT molecular complexity index is 1190. The van der Waals surface area contributed by atoms with E-state index < -0.39 is 18.1 Å². The molecule has 34 heavy (non-hydrogen) atoms. The highest BCUT2D eigenvalue weighted by atomic mass is 19.4. The molecule has 0 saturated carbocycles. The normalized spacial score (nSPS) is 13.0. The van der Waals surface area contributed by atoms with Gasteiger partial charge in [0.25, 0.3) is 0 Å². The van der Waals surface area contributed by atoms with Gasteiger partial charge in [-0.05, 0) is 42.9 Å². The molecule has 0 unspecified atom stereocenters. The van der Waals surface area contributed by atoms with Crippen LogP contribution in [0.1, 0.15) is 11.4 Å². The van der Waals surface area contributed by atoms with Gasteiger partial charge in [0, 0.05) is 25.5 Å². The third-order valence-corrected chi connectivity index (χ3v) is 5.35. The molecule has 0 amide bonds. The van der Waals surface area contributed by atoms with Crippen LogP contribution < -0.4 is 4.74 Å². The van der Waals surface area contributed by atoms with Crippen molar-refractivity contribution in [2.45, 2.75) is 31.9 Å². The summed E-state index contributed by atoms with van der Waals surface area (Å²) in [7, 11) is 1.81. The molecule has 180 valence electrons. The minimum Gasteiger partial charge on any atom is -0.492 e. The number of fused-ring (bicyclic) bond motifs is 1. The summed E-state index contributed by atoms with van der Waals surface area (Å²) in [6.07, 6.45) is -2.02. The van der Waals surface area contributed by atoms with E-state index in [1.165, 1.54) is 6.07 Å². The fourth-order valence-corrected chi connectivity index (χ4v) is 3.86. The van der Waals surface area contributed by atoms with E-state index in [0.29, 0.717) is 25.2 Å². The molecule has 1 atom stereocenters. The summed E-state index contributed by atoms with van der Waals surface area (Å²) in [5.74, 6) is -0.260. The average molecular weight is 473 g/mol. The van der Waals surface area contributed by atoms with Gasteiger partial charge in [0.2, 0.25) is 5.82 Å². The highest BCUT2D eigenvalue weighted by Crippen LogP contribution is 2.31. The van der Waals surface area contributed by atoms with E-state index in [-0.39, 0.29) is 18.6 Å². The smallest absolute Gasteiger partial charge is 0.449 e. The van der Waals surface area contributed by atoms with Crippen molar-refractivity contribution < 1.29 is 23.0 Å². The molecule has 4 aromatic rings. The van der Waals surface area contributed by atoms with Crippen LogP contribution in [0.25, 0.3) is 11.0 Å². The fourth-order valence-electron chi connectivity index (χ4n) is 3.86. The zero-order chi connectivity index (χ0) is 24.1. The van der Waals surface area contributed by atoms with E-state index in [0.717, 1.165) is 15.9 Å². The van der Waals surface area contributed by atoms with Crippen LogP contribution in [0, 0.1) is 0 Å². The molecule has 2 aromatic heterocycles. The Labute approximate surface area is 195 Å². The van der Waals surface area contributed by atoms with E-state index in [2.05, 4.69) is 10.1 Å². The lowest BCUT2D eigenvalue weighted by molar-refractivity contribution is -0.147. The number of hydrogen-bond acceptors (Lipinski definition) is 5. The molecule has 2 aromatic carbocycles. The Morgan fingerprint density at radius 3 is 2.56 bits per heavy atom. The SMILES string of the molecule is CN(Cc1ccc(OCCn2cccn2)cc1)C[C@@H](O)Cn1c(C(F)(F)F)nc2ccccc21. The Kier molecular flexibility index (Phi) is 7.18. The molecular formula is C24H26F3N5O2. The number of benzene rings is 2. The summed E-state index contributed by atoms with van der Waals surface area (Å²) in [6.45, 7) is 1.67. The molecule has 4 rings (SSSR count). The van der Waals surface area contributed by atoms with Crippen molar-refractivity contribution in [3.05, 3.63) is 78.4 Å². The van der Waals surface area contributed by atoms with Gasteiger partial charge in [0.1, 0.15) is 12.4 Å². The summed E-state index contributed by atoms with van der Waals surface area (Å²) in [4.78, 5) is 5.59. The number of nitrogens with zero attached hydrogens (tertiary/aromatic N) is 5. The molecule has 0 aliphatic rings. The van der Waals surface area contributed by atoms with E-state index in [1.807, 2.05) is 48.5 Å². The third kappa shape index (κ3) is 5.95. The van der Waals surface area contributed by atoms with Gasteiger partial charge in [-0.15, -0.1) is 0 Å². The molecule has 0 bridgehead atoms. The van der Waals surface area contributed by atoms with Gasteiger partial charge in [0.05, 0.1) is 30.2 Å². The number of aliphatic hydroxyl groups excluding tert-OH is 1. The van der Waals surface area contributed by atoms with Crippen molar-refractivity contribution in [2.24, 2.45) is 0 Å². The van der Waals surface area contributed by atoms with Crippen LogP contribution in [0.5, 0.6) is 5.75 Å². The van der Waals surface area contributed by atoms with Gasteiger partial charge in [-0.3, -0.25) is 9.58 Å². The second-order valence-corrected chi connectivity index (χ2v) is 8.14.